The largest absolute Gasteiger partial charge is 0.490 e. The van der Waals surface area contributed by atoms with Crippen molar-refractivity contribution in [1.29, 1.82) is 0 Å². The highest BCUT2D eigenvalue weighted by Crippen LogP contribution is 2.30. The maximum Gasteiger partial charge on any atom is 0.224 e. The van der Waals surface area contributed by atoms with Crippen LogP contribution in [0.3, 0.4) is 0 Å². The fourth-order valence-corrected chi connectivity index (χ4v) is 2.56. The molecule has 0 aliphatic heterocycles. The van der Waals surface area contributed by atoms with E-state index in [2.05, 4.69) is 36.5 Å². The Balaban J connectivity index is 1.86. The van der Waals surface area contributed by atoms with Crippen LogP contribution in [0, 0.1) is 6.92 Å². The van der Waals surface area contributed by atoms with Gasteiger partial charge in [0.1, 0.15) is 0 Å². The van der Waals surface area contributed by atoms with Crippen molar-refractivity contribution in [2.24, 2.45) is 0 Å². The van der Waals surface area contributed by atoms with Crippen LogP contribution in [-0.4, -0.2) is 19.1 Å². The van der Waals surface area contributed by atoms with Crippen molar-refractivity contribution in [3.05, 3.63) is 53.6 Å². The van der Waals surface area contributed by atoms with Gasteiger partial charge in [0.15, 0.2) is 11.5 Å². The van der Waals surface area contributed by atoms with Gasteiger partial charge in [-0.15, -0.1) is 0 Å². The summed E-state index contributed by atoms with van der Waals surface area (Å²) in [5.41, 5.74) is 3.24. The fraction of sp³-hybridized carbons (Fsp3) is 0.381. The molecular formula is C21H27NO3. The quantitative estimate of drug-likeness (QED) is 0.716. The summed E-state index contributed by atoms with van der Waals surface area (Å²) < 4.78 is 11.1. The van der Waals surface area contributed by atoms with E-state index in [-0.39, 0.29) is 5.91 Å². The highest BCUT2D eigenvalue weighted by atomic mass is 16.5. The van der Waals surface area contributed by atoms with Gasteiger partial charge in [0, 0.05) is 18.2 Å². The van der Waals surface area contributed by atoms with E-state index < -0.39 is 0 Å². The minimum absolute atomic E-state index is 0.0127. The van der Waals surface area contributed by atoms with Crippen molar-refractivity contribution in [2.75, 3.05) is 18.5 Å². The smallest absolute Gasteiger partial charge is 0.224 e. The van der Waals surface area contributed by atoms with Gasteiger partial charge in [-0.05, 0) is 51.3 Å². The molecule has 0 radical (unpaired) electrons. The molecule has 0 saturated heterocycles. The Hall–Kier alpha value is -2.49. The summed E-state index contributed by atoms with van der Waals surface area (Å²) in [6, 6.07) is 13.9. The van der Waals surface area contributed by atoms with Gasteiger partial charge in [0.2, 0.25) is 5.91 Å². The summed E-state index contributed by atoms with van der Waals surface area (Å²) in [5.74, 6) is 1.36. The average Bonchev–Trinajstić information content (AvgIpc) is 2.59. The molecular weight excluding hydrogens is 314 g/mol. The molecule has 2 aromatic rings. The van der Waals surface area contributed by atoms with Crippen LogP contribution >= 0.6 is 0 Å². The number of benzene rings is 2. The first-order chi connectivity index (χ1) is 12.1. The third kappa shape index (κ3) is 6.14. The Morgan fingerprint density at radius 1 is 0.960 bits per heavy atom. The van der Waals surface area contributed by atoms with Gasteiger partial charge in [0.05, 0.1) is 13.2 Å². The van der Waals surface area contributed by atoms with Crippen LogP contribution in [0.15, 0.2) is 42.5 Å². The lowest BCUT2D eigenvalue weighted by Crippen LogP contribution is -2.11. The van der Waals surface area contributed by atoms with Crippen molar-refractivity contribution in [3.8, 4) is 11.5 Å². The molecule has 2 aromatic carbocycles. The summed E-state index contributed by atoms with van der Waals surface area (Å²) in [4.78, 5) is 12.2. The molecule has 0 fully saturated rings. The van der Waals surface area contributed by atoms with Crippen LogP contribution in [0.2, 0.25) is 0 Å². The number of aryl methyl sites for hydroxylation is 2. The van der Waals surface area contributed by atoms with Crippen LogP contribution in [0.5, 0.6) is 11.5 Å². The molecule has 0 heterocycles. The molecule has 0 saturated carbocycles. The van der Waals surface area contributed by atoms with Gasteiger partial charge in [-0.1, -0.05) is 29.8 Å². The zero-order valence-corrected chi connectivity index (χ0v) is 15.3. The van der Waals surface area contributed by atoms with E-state index in [9.17, 15) is 4.79 Å². The summed E-state index contributed by atoms with van der Waals surface area (Å²) in [6.45, 7) is 7.05. The van der Waals surface area contributed by atoms with E-state index >= 15 is 0 Å². The monoisotopic (exact) mass is 341 g/mol. The minimum Gasteiger partial charge on any atom is -0.490 e. The van der Waals surface area contributed by atoms with E-state index in [0.717, 1.165) is 18.5 Å². The SMILES string of the molecule is CCOc1ccc(NC(=O)CCCc2ccc(C)cc2)cc1OCC. The van der Waals surface area contributed by atoms with Crippen molar-refractivity contribution in [2.45, 2.75) is 40.0 Å². The molecule has 1 amide bonds. The molecule has 0 unspecified atom stereocenters. The third-order valence-electron chi connectivity index (χ3n) is 3.82. The predicted octanol–water partition coefficient (Wildman–Crippen LogP) is 4.75. The maximum absolute atomic E-state index is 12.2. The van der Waals surface area contributed by atoms with Crippen LogP contribution in [0.4, 0.5) is 5.69 Å². The summed E-state index contributed by atoms with van der Waals surface area (Å²) in [5, 5.41) is 2.93. The number of carbonyl (C=O) groups excluding carboxylic acids is 1. The average molecular weight is 341 g/mol. The molecule has 1 N–H and O–H groups in total. The second kappa shape index (κ2) is 9.72. The first-order valence-electron chi connectivity index (χ1n) is 8.87. The van der Waals surface area contributed by atoms with Crippen LogP contribution in [0.25, 0.3) is 0 Å². The Bertz CT molecular complexity index is 680. The lowest BCUT2D eigenvalue weighted by atomic mass is 10.1. The second-order valence-corrected chi connectivity index (χ2v) is 5.91. The molecule has 0 aliphatic rings. The molecule has 0 aliphatic carbocycles. The Morgan fingerprint density at radius 2 is 1.64 bits per heavy atom. The van der Waals surface area contributed by atoms with Gasteiger partial charge >= 0.3 is 0 Å². The number of rotatable bonds is 9. The summed E-state index contributed by atoms with van der Waals surface area (Å²) >= 11 is 0. The van der Waals surface area contributed by atoms with Crippen molar-refractivity contribution in [1.82, 2.24) is 0 Å². The van der Waals surface area contributed by atoms with E-state index in [1.54, 1.807) is 0 Å². The zero-order valence-electron chi connectivity index (χ0n) is 15.3. The number of anilines is 1. The minimum atomic E-state index is 0.0127. The summed E-state index contributed by atoms with van der Waals surface area (Å²) in [6.07, 6.45) is 2.22. The maximum atomic E-state index is 12.2. The topological polar surface area (TPSA) is 47.6 Å². The van der Waals surface area contributed by atoms with Crippen molar-refractivity contribution in [3.63, 3.8) is 0 Å². The number of amides is 1. The number of hydrogen-bond donors (Lipinski definition) is 1. The zero-order chi connectivity index (χ0) is 18.1. The van der Waals surface area contributed by atoms with Gasteiger partial charge < -0.3 is 14.8 Å². The highest BCUT2D eigenvalue weighted by molar-refractivity contribution is 5.91. The number of ether oxygens (including phenoxy) is 2. The molecule has 4 nitrogen and oxygen atoms in total. The van der Waals surface area contributed by atoms with Crippen LogP contribution in [-0.2, 0) is 11.2 Å². The first kappa shape index (κ1) is 18.8. The van der Waals surface area contributed by atoms with Gasteiger partial charge in [-0.3, -0.25) is 4.79 Å². The van der Waals surface area contributed by atoms with Gasteiger partial charge in [-0.2, -0.15) is 0 Å². The highest BCUT2D eigenvalue weighted by Gasteiger charge is 2.08. The van der Waals surface area contributed by atoms with Crippen LogP contribution in [0.1, 0.15) is 37.8 Å². The van der Waals surface area contributed by atoms with Crippen LogP contribution < -0.4 is 14.8 Å². The Kier molecular flexibility index (Phi) is 7.33. The fourth-order valence-electron chi connectivity index (χ4n) is 2.56. The number of carbonyl (C=O) groups is 1. The van der Waals surface area contributed by atoms with E-state index in [4.69, 9.17) is 9.47 Å². The number of hydrogen-bond acceptors (Lipinski definition) is 3. The third-order valence-corrected chi connectivity index (χ3v) is 3.82. The second-order valence-electron chi connectivity index (χ2n) is 5.91. The van der Waals surface area contributed by atoms with Gasteiger partial charge in [0.25, 0.3) is 0 Å². The summed E-state index contributed by atoms with van der Waals surface area (Å²) in [7, 11) is 0. The van der Waals surface area contributed by atoms with Crippen molar-refractivity contribution < 1.29 is 14.3 Å². The molecule has 2 rings (SSSR count). The molecule has 0 aromatic heterocycles. The lowest BCUT2D eigenvalue weighted by molar-refractivity contribution is -0.116. The molecule has 0 bridgehead atoms. The standard InChI is InChI=1S/C21H27NO3/c1-4-24-19-14-13-18(15-20(19)25-5-2)22-21(23)8-6-7-17-11-9-16(3)10-12-17/h9-15H,4-8H2,1-3H3,(H,22,23). The molecule has 0 spiro atoms. The van der Waals surface area contributed by atoms with E-state index in [0.29, 0.717) is 31.1 Å². The molecule has 4 heteroatoms. The Morgan fingerprint density at radius 3 is 2.32 bits per heavy atom. The van der Waals surface area contributed by atoms with Gasteiger partial charge in [-0.25, -0.2) is 0 Å². The number of nitrogens with one attached hydrogen (secondary N) is 1. The normalized spacial score (nSPS) is 10.4. The lowest BCUT2D eigenvalue weighted by Gasteiger charge is -2.13. The van der Waals surface area contributed by atoms with E-state index in [1.165, 1.54) is 11.1 Å². The molecule has 134 valence electrons. The molecule has 25 heavy (non-hydrogen) atoms. The molecule has 0 atom stereocenters. The first-order valence-corrected chi connectivity index (χ1v) is 8.87. The Labute approximate surface area is 150 Å². The van der Waals surface area contributed by atoms with E-state index in [1.807, 2.05) is 32.0 Å². The van der Waals surface area contributed by atoms with Crippen molar-refractivity contribution >= 4 is 11.6 Å². The predicted molar refractivity (Wildman–Crippen MR) is 102 cm³/mol.